The molecular formula is C17H16N2O2. The Hall–Kier alpha value is -2.80. The van der Waals surface area contributed by atoms with Crippen molar-refractivity contribution in [1.82, 2.24) is 0 Å². The van der Waals surface area contributed by atoms with Crippen LogP contribution in [0.15, 0.2) is 53.7 Å². The number of benzene rings is 2. The van der Waals surface area contributed by atoms with E-state index in [1.54, 1.807) is 12.1 Å². The Kier molecular flexibility index (Phi) is 4.94. The molecule has 4 nitrogen and oxygen atoms in total. The molecule has 2 aromatic carbocycles. The molecule has 0 amide bonds. The molecular weight excluding hydrogens is 264 g/mol. The molecule has 0 saturated carbocycles. The first-order valence-corrected chi connectivity index (χ1v) is 6.70. The van der Waals surface area contributed by atoms with Gasteiger partial charge in [0.25, 0.3) is 0 Å². The second-order valence-corrected chi connectivity index (χ2v) is 4.50. The molecule has 0 aliphatic carbocycles. The van der Waals surface area contributed by atoms with Crippen molar-refractivity contribution in [2.75, 3.05) is 0 Å². The standard InChI is InChI=1S/C17H16N2O2/c1-2-13-7-9-15(10-8-13)21-12-14-5-3-4-6-16(14)17(11-18)19-20/h3-10,20H,2,12H2,1H3. The molecule has 106 valence electrons. The van der Waals surface area contributed by atoms with Crippen molar-refractivity contribution in [2.45, 2.75) is 20.0 Å². The van der Waals surface area contributed by atoms with Crippen LogP contribution in [-0.4, -0.2) is 10.9 Å². The Morgan fingerprint density at radius 3 is 2.52 bits per heavy atom. The van der Waals surface area contributed by atoms with Crippen LogP contribution in [0.3, 0.4) is 0 Å². The lowest BCUT2D eigenvalue weighted by atomic mass is 10.0. The lowest BCUT2D eigenvalue weighted by molar-refractivity contribution is 0.305. The highest BCUT2D eigenvalue weighted by Crippen LogP contribution is 2.17. The van der Waals surface area contributed by atoms with Crippen LogP contribution < -0.4 is 4.74 Å². The topological polar surface area (TPSA) is 65.6 Å². The highest BCUT2D eigenvalue weighted by molar-refractivity contribution is 6.12. The van der Waals surface area contributed by atoms with Crippen LogP contribution in [0.2, 0.25) is 0 Å². The third-order valence-electron chi connectivity index (χ3n) is 3.20. The second-order valence-electron chi connectivity index (χ2n) is 4.50. The molecule has 0 aliphatic heterocycles. The van der Waals surface area contributed by atoms with E-state index in [9.17, 15) is 0 Å². The summed E-state index contributed by atoms with van der Waals surface area (Å²) in [7, 11) is 0. The maximum atomic E-state index is 8.97. The van der Waals surface area contributed by atoms with Crippen molar-refractivity contribution in [3.63, 3.8) is 0 Å². The molecule has 0 saturated heterocycles. The number of ether oxygens (including phenoxy) is 1. The molecule has 0 fully saturated rings. The molecule has 0 aliphatic rings. The molecule has 0 aromatic heterocycles. The van der Waals surface area contributed by atoms with Gasteiger partial charge in [0, 0.05) is 5.56 Å². The first-order chi connectivity index (χ1) is 10.3. The van der Waals surface area contributed by atoms with Gasteiger partial charge in [-0.3, -0.25) is 0 Å². The van der Waals surface area contributed by atoms with E-state index in [2.05, 4.69) is 12.1 Å². The van der Waals surface area contributed by atoms with Crippen LogP contribution in [0.1, 0.15) is 23.6 Å². The fourth-order valence-electron chi connectivity index (χ4n) is 2.00. The number of rotatable bonds is 5. The Morgan fingerprint density at radius 2 is 1.90 bits per heavy atom. The zero-order valence-electron chi connectivity index (χ0n) is 11.8. The van der Waals surface area contributed by atoms with Gasteiger partial charge in [-0.05, 0) is 29.7 Å². The fourth-order valence-corrected chi connectivity index (χ4v) is 2.00. The van der Waals surface area contributed by atoms with Crippen LogP contribution in [-0.2, 0) is 13.0 Å². The zero-order valence-corrected chi connectivity index (χ0v) is 11.8. The number of nitriles is 1. The summed E-state index contributed by atoms with van der Waals surface area (Å²) in [5, 5.41) is 20.9. The summed E-state index contributed by atoms with van der Waals surface area (Å²) < 4.78 is 5.73. The van der Waals surface area contributed by atoms with Gasteiger partial charge in [-0.1, -0.05) is 48.5 Å². The second kappa shape index (κ2) is 7.11. The Bertz CT molecular complexity index is 670. The van der Waals surface area contributed by atoms with Gasteiger partial charge in [-0.15, -0.1) is 0 Å². The molecule has 4 heteroatoms. The predicted molar refractivity (Wildman–Crippen MR) is 80.5 cm³/mol. The molecule has 1 N–H and O–H groups in total. The minimum Gasteiger partial charge on any atom is -0.489 e. The average Bonchev–Trinajstić information content (AvgIpc) is 2.55. The number of nitrogens with zero attached hydrogens (tertiary/aromatic N) is 2. The van der Waals surface area contributed by atoms with Gasteiger partial charge in [0.05, 0.1) is 0 Å². The first kappa shape index (κ1) is 14.6. The predicted octanol–water partition coefficient (Wildman–Crippen LogP) is 3.53. The van der Waals surface area contributed by atoms with E-state index in [4.69, 9.17) is 15.2 Å². The van der Waals surface area contributed by atoms with E-state index in [0.29, 0.717) is 12.2 Å². The summed E-state index contributed by atoms with van der Waals surface area (Å²) in [6.07, 6.45) is 0.988. The Morgan fingerprint density at radius 1 is 1.19 bits per heavy atom. The van der Waals surface area contributed by atoms with Gasteiger partial charge < -0.3 is 9.94 Å². The van der Waals surface area contributed by atoms with Crippen molar-refractivity contribution in [2.24, 2.45) is 5.16 Å². The largest absolute Gasteiger partial charge is 0.489 e. The van der Waals surface area contributed by atoms with Gasteiger partial charge >= 0.3 is 0 Å². The molecule has 0 atom stereocenters. The van der Waals surface area contributed by atoms with E-state index < -0.39 is 0 Å². The number of aryl methyl sites for hydroxylation is 1. The fraction of sp³-hybridized carbons (Fsp3) is 0.176. The molecule has 0 unspecified atom stereocenters. The van der Waals surface area contributed by atoms with E-state index in [1.165, 1.54) is 5.56 Å². The monoisotopic (exact) mass is 280 g/mol. The van der Waals surface area contributed by atoms with Crippen molar-refractivity contribution in [3.8, 4) is 11.8 Å². The molecule has 2 aromatic rings. The quantitative estimate of drug-likeness (QED) is 0.517. The molecule has 0 bridgehead atoms. The summed E-state index contributed by atoms with van der Waals surface area (Å²) in [6, 6.07) is 17.0. The van der Waals surface area contributed by atoms with Crippen LogP contribution in [0.25, 0.3) is 0 Å². The highest BCUT2D eigenvalue weighted by atomic mass is 16.5. The highest BCUT2D eigenvalue weighted by Gasteiger charge is 2.09. The van der Waals surface area contributed by atoms with E-state index in [-0.39, 0.29) is 5.71 Å². The lowest BCUT2D eigenvalue weighted by Crippen LogP contribution is -2.05. The number of hydrogen-bond donors (Lipinski definition) is 1. The zero-order chi connectivity index (χ0) is 15.1. The van der Waals surface area contributed by atoms with Crippen molar-refractivity contribution < 1.29 is 9.94 Å². The number of hydrogen-bond acceptors (Lipinski definition) is 4. The van der Waals surface area contributed by atoms with E-state index >= 15 is 0 Å². The van der Waals surface area contributed by atoms with Crippen molar-refractivity contribution >= 4 is 5.71 Å². The Balaban J connectivity index is 2.15. The number of oxime groups is 1. The molecule has 0 radical (unpaired) electrons. The van der Waals surface area contributed by atoms with Gasteiger partial charge in [0.2, 0.25) is 0 Å². The third kappa shape index (κ3) is 3.61. The molecule has 2 rings (SSSR count). The molecule has 0 spiro atoms. The summed E-state index contributed by atoms with van der Waals surface area (Å²) in [5.41, 5.74) is 2.61. The third-order valence-corrected chi connectivity index (χ3v) is 3.20. The van der Waals surface area contributed by atoms with Crippen LogP contribution in [0.4, 0.5) is 0 Å². The SMILES string of the molecule is CCc1ccc(OCc2ccccc2C(C#N)=NO)cc1. The average molecular weight is 280 g/mol. The summed E-state index contributed by atoms with van der Waals surface area (Å²) in [6.45, 7) is 2.41. The summed E-state index contributed by atoms with van der Waals surface area (Å²) >= 11 is 0. The Labute approximate surface area is 123 Å². The normalized spacial score (nSPS) is 11.0. The van der Waals surface area contributed by atoms with Gasteiger partial charge in [-0.25, -0.2) is 0 Å². The van der Waals surface area contributed by atoms with Gasteiger partial charge in [0.15, 0.2) is 5.71 Å². The van der Waals surface area contributed by atoms with Crippen LogP contribution in [0.5, 0.6) is 5.75 Å². The van der Waals surface area contributed by atoms with Gasteiger partial charge in [0.1, 0.15) is 18.4 Å². The maximum Gasteiger partial charge on any atom is 0.187 e. The molecule has 21 heavy (non-hydrogen) atoms. The molecule has 0 heterocycles. The summed E-state index contributed by atoms with van der Waals surface area (Å²) in [4.78, 5) is 0. The van der Waals surface area contributed by atoms with E-state index in [0.717, 1.165) is 17.7 Å². The smallest absolute Gasteiger partial charge is 0.187 e. The van der Waals surface area contributed by atoms with E-state index in [1.807, 2.05) is 42.5 Å². The van der Waals surface area contributed by atoms with Crippen LogP contribution >= 0.6 is 0 Å². The lowest BCUT2D eigenvalue weighted by Gasteiger charge is -2.10. The van der Waals surface area contributed by atoms with Crippen molar-refractivity contribution in [1.29, 1.82) is 5.26 Å². The van der Waals surface area contributed by atoms with Gasteiger partial charge in [-0.2, -0.15) is 5.26 Å². The minimum atomic E-state index is -0.0180. The van der Waals surface area contributed by atoms with Crippen LogP contribution in [0, 0.1) is 11.3 Å². The van der Waals surface area contributed by atoms with Crippen molar-refractivity contribution in [3.05, 3.63) is 65.2 Å². The maximum absolute atomic E-state index is 8.97. The summed E-state index contributed by atoms with van der Waals surface area (Å²) in [5.74, 6) is 0.765. The minimum absolute atomic E-state index is 0.0180. The first-order valence-electron chi connectivity index (χ1n) is 6.70.